The molecule has 0 amide bonds. The molecule has 0 radical (unpaired) electrons. The molecule has 1 saturated carbocycles. The van der Waals surface area contributed by atoms with E-state index >= 15 is 0 Å². The smallest absolute Gasteiger partial charge is 0.133 e. The highest BCUT2D eigenvalue weighted by molar-refractivity contribution is 5.78. The summed E-state index contributed by atoms with van der Waals surface area (Å²) in [6, 6.07) is 0. The molecule has 0 heterocycles. The first-order valence-electron chi connectivity index (χ1n) is 7.48. The van der Waals surface area contributed by atoms with Crippen molar-refractivity contribution in [3.8, 4) is 0 Å². The quantitative estimate of drug-likeness (QED) is 0.667. The van der Waals surface area contributed by atoms with Crippen LogP contribution < -0.4 is 5.73 Å². The van der Waals surface area contributed by atoms with Gasteiger partial charge in [-0.05, 0) is 31.2 Å². The molecule has 1 aliphatic carbocycles. The van der Waals surface area contributed by atoms with Crippen molar-refractivity contribution in [2.75, 3.05) is 6.54 Å². The molecule has 17 heavy (non-hydrogen) atoms. The van der Waals surface area contributed by atoms with Gasteiger partial charge in [0.1, 0.15) is 5.78 Å². The Labute approximate surface area is 106 Å². The molecule has 0 spiro atoms. The molecule has 2 nitrogen and oxygen atoms in total. The third-order valence-electron chi connectivity index (χ3n) is 4.09. The Morgan fingerprint density at radius 1 is 1.24 bits per heavy atom. The van der Waals surface area contributed by atoms with E-state index in [1.165, 1.54) is 38.5 Å². The lowest BCUT2D eigenvalue weighted by Crippen LogP contribution is -2.12. The Balaban J connectivity index is 2.15. The van der Waals surface area contributed by atoms with E-state index in [1.807, 2.05) is 0 Å². The van der Waals surface area contributed by atoms with Gasteiger partial charge < -0.3 is 5.73 Å². The van der Waals surface area contributed by atoms with Gasteiger partial charge in [0.15, 0.2) is 0 Å². The van der Waals surface area contributed by atoms with Gasteiger partial charge in [-0.15, -0.1) is 0 Å². The van der Waals surface area contributed by atoms with Crippen molar-refractivity contribution in [2.24, 2.45) is 17.6 Å². The fourth-order valence-corrected chi connectivity index (χ4v) is 3.08. The van der Waals surface area contributed by atoms with Crippen LogP contribution in [0.1, 0.15) is 71.1 Å². The first-order chi connectivity index (χ1) is 8.26. The van der Waals surface area contributed by atoms with Crippen LogP contribution in [0.15, 0.2) is 0 Å². The van der Waals surface area contributed by atoms with Gasteiger partial charge in [0.05, 0.1) is 0 Å². The molecule has 1 atom stereocenters. The highest BCUT2D eigenvalue weighted by atomic mass is 16.1. The molecule has 0 aliphatic heterocycles. The number of carbonyl (C=O) groups excluding carboxylic acids is 1. The molecule has 1 fully saturated rings. The Bertz CT molecular complexity index is 203. The Hall–Kier alpha value is -0.370. The average molecular weight is 239 g/mol. The number of hydrogen-bond donors (Lipinski definition) is 1. The molecule has 0 aromatic carbocycles. The van der Waals surface area contributed by atoms with Gasteiger partial charge in [0, 0.05) is 12.8 Å². The summed E-state index contributed by atoms with van der Waals surface area (Å²) in [7, 11) is 0. The first kappa shape index (κ1) is 14.7. The summed E-state index contributed by atoms with van der Waals surface area (Å²) in [5.74, 6) is 1.88. The lowest BCUT2D eigenvalue weighted by Gasteiger charge is -2.15. The molecular weight excluding hydrogens is 210 g/mol. The predicted octanol–water partition coefficient (Wildman–Crippen LogP) is 3.68. The second kappa shape index (κ2) is 8.68. The Kier molecular flexibility index (Phi) is 7.50. The molecular formula is C15H29NO. The minimum Gasteiger partial charge on any atom is -0.330 e. The van der Waals surface area contributed by atoms with Crippen molar-refractivity contribution in [1.29, 1.82) is 0 Å². The van der Waals surface area contributed by atoms with Crippen LogP contribution in [0.3, 0.4) is 0 Å². The summed E-state index contributed by atoms with van der Waals surface area (Å²) in [6.07, 6.45) is 11.5. The van der Waals surface area contributed by atoms with Crippen LogP contribution in [0.25, 0.3) is 0 Å². The third kappa shape index (κ3) is 6.21. The maximum absolute atomic E-state index is 11.9. The number of Topliss-reactive ketones (excluding diaryl/α,β-unsaturated/α-hetero) is 1. The van der Waals surface area contributed by atoms with E-state index in [-0.39, 0.29) is 0 Å². The summed E-state index contributed by atoms with van der Waals surface area (Å²) < 4.78 is 0. The summed E-state index contributed by atoms with van der Waals surface area (Å²) in [5, 5.41) is 0. The number of carbonyl (C=O) groups is 1. The normalized spacial score (nSPS) is 18.5. The van der Waals surface area contributed by atoms with Crippen LogP contribution in [0.2, 0.25) is 0 Å². The number of hydrogen-bond acceptors (Lipinski definition) is 2. The van der Waals surface area contributed by atoms with Gasteiger partial charge in [-0.25, -0.2) is 0 Å². The minimum atomic E-state index is 0.495. The van der Waals surface area contributed by atoms with E-state index in [0.29, 0.717) is 17.6 Å². The second-order valence-corrected chi connectivity index (χ2v) is 5.66. The SMILES string of the molecule is CCCC(CCN)CCC(=O)CC1CCCC1. The highest BCUT2D eigenvalue weighted by Crippen LogP contribution is 2.28. The van der Waals surface area contributed by atoms with Gasteiger partial charge in [-0.3, -0.25) is 4.79 Å². The Morgan fingerprint density at radius 3 is 2.53 bits per heavy atom. The molecule has 0 aromatic rings. The van der Waals surface area contributed by atoms with Crippen LogP contribution in [0.4, 0.5) is 0 Å². The third-order valence-corrected chi connectivity index (χ3v) is 4.09. The molecule has 2 N–H and O–H groups in total. The van der Waals surface area contributed by atoms with Crippen molar-refractivity contribution < 1.29 is 4.79 Å². The number of nitrogens with two attached hydrogens (primary N) is 1. The van der Waals surface area contributed by atoms with Crippen molar-refractivity contribution in [2.45, 2.75) is 71.1 Å². The zero-order chi connectivity index (χ0) is 12.5. The molecule has 1 unspecified atom stereocenters. The van der Waals surface area contributed by atoms with E-state index in [4.69, 9.17) is 5.73 Å². The second-order valence-electron chi connectivity index (χ2n) is 5.66. The largest absolute Gasteiger partial charge is 0.330 e. The summed E-state index contributed by atoms with van der Waals surface area (Å²) in [4.78, 5) is 11.9. The topological polar surface area (TPSA) is 43.1 Å². The lowest BCUT2D eigenvalue weighted by molar-refractivity contribution is -0.120. The number of rotatable bonds is 9. The van der Waals surface area contributed by atoms with E-state index in [0.717, 1.165) is 32.2 Å². The summed E-state index contributed by atoms with van der Waals surface area (Å²) >= 11 is 0. The van der Waals surface area contributed by atoms with Crippen LogP contribution >= 0.6 is 0 Å². The zero-order valence-corrected chi connectivity index (χ0v) is 11.4. The molecule has 1 aliphatic rings. The molecule has 0 bridgehead atoms. The van der Waals surface area contributed by atoms with Crippen LogP contribution in [0, 0.1) is 11.8 Å². The molecule has 2 heteroatoms. The van der Waals surface area contributed by atoms with Crippen molar-refractivity contribution in [3.05, 3.63) is 0 Å². The van der Waals surface area contributed by atoms with Gasteiger partial charge in [0.25, 0.3) is 0 Å². The van der Waals surface area contributed by atoms with E-state index in [2.05, 4.69) is 6.92 Å². The standard InChI is InChI=1S/C15H29NO/c1-2-5-13(10-11-16)8-9-15(17)12-14-6-3-4-7-14/h13-14H,2-12,16H2,1H3. The molecule has 0 aromatic heterocycles. The van der Waals surface area contributed by atoms with Gasteiger partial charge >= 0.3 is 0 Å². The minimum absolute atomic E-state index is 0.495. The molecule has 0 saturated heterocycles. The van der Waals surface area contributed by atoms with E-state index in [9.17, 15) is 4.79 Å². The summed E-state index contributed by atoms with van der Waals surface area (Å²) in [6.45, 7) is 2.98. The number of ketones is 1. The maximum Gasteiger partial charge on any atom is 0.133 e. The first-order valence-corrected chi connectivity index (χ1v) is 7.48. The van der Waals surface area contributed by atoms with Crippen LogP contribution in [0.5, 0.6) is 0 Å². The Morgan fingerprint density at radius 2 is 1.94 bits per heavy atom. The fourth-order valence-electron chi connectivity index (χ4n) is 3.08. The monoisotopic (exact) mass is 239 g/mol. The van der Waals surface area contributed by atoms with Crippen LogP contribution in [-0.4, -0.2) is 12.3 Å². The van der Waals surface area contributed by atoms with Gasteiger partial charge in [-0.2, -0.15) is 0 Å². The highest BCUT2D eigenvalue weighted by Gasteiger charge is 2.18. The summed E-state index contributed by atoms with van der Waals surface area (Å²) in [5.41, 5.74) is 5.61. The van der Waals surface area contributed by atoms with Crippen molar-refractivity contribution >= 4 is 5.78 Å². The predicted molar refractivity (Wildman–Crippen MR) is 72.9 cm³/mol. The van der Waals surface area contributed by atoms with Gasteiger partial charge in [0.2, 0.25) is 0 Å². The van der Waals surface area contributed by atoms with Crippen molar-refractivity contribution in [3.63, 3.8) is 0 Å². The zero-order valence-electron chi connectivity index (χ0n) is 11.4. The van der Waals surface area contributed by atoms with E-state index in [1.54, 1.807) is 0 Å². The lowest BCUT2D eigenvalue weighted by atomic mass is 9.91. The fraction of sp³-hybridized carbons (Fsp3) is 0.933. The van der Waals surface area contributed by atoms with Crippen molar-refractivity contribution in [1.82, 2.24) is 0 Å². The van der Waals surface area contributed by atoms with Crippen LogP contribution in [-0.2, 0) is 4.79 Å². The van der Waals surface area contributed by atoms with E-state index < -0.39 is 0 Å². The molecule has 100 valence electrons. The molecule has 1 rings (SSSR count). The van der Waals surface area contributed by atoms with Gasteiger partial charge in [-0.1, -0.05) is 45.4 Å². The maximum atomic E-state index is 11.9. The average Bonchev–Trinajstić information content (AvgIpc) is 2.79.